The van der Waals surface area contributed by atoms with Gasteiger partial charge in [-0.15, -0.1) is 0 Å². The van der Waals surface area contributed by atoms with E-state index in [1.165, 1.54) is 18.2 Å². The lowest BCUT2D eigenvalue weighted by Gasteiger charge is -2.25. The van der Waals surface area contributed by atoms with E-state index < -0.39 is 15.6 Å². The quantitative estimate of drug-likeness (QED) is 0.745. The lowest BCUT2D eigenvalue weighted by atomic mass is 10.2. The van der Waals surface area contributed by atoms with Gasteiger partial charge in [-0.3, -0.25) is 4.79 Å². The first-order valence-corrected chi connectivity index (χ1v) is 10.6. The van der Waals surface area contributed by atoms with E-state index in [1.54, 1.807) is 40.1 Å². The molecule has 0 spiro atoms. The molecule has 1 aliphatic heterocycles. The van der Waals surface area contributed by atoms with Crippen LogP contribution >= 0.6 is 11.6 Å². The van der Waals surface area contributed by atoms with E-state index in [2.05, 4.69) is 0 Å². The maximum atomic E-state index is 13.0. The van der Waals surface area contributed by atoms with Crippen molar-refractivity contribution in [3.05, 3.63) is 59.1 Å². The monoisotopic (exact) mass is 428 g/mol. The zero-order valence-corrected chi connectivity index (χ0v) is 16.5. The van der Waals surface area contributed by atoms with Gasteiger partial charge in [0.1, 0.15) is 0 Å². The lowest BCUT2D eigenvalue weighted by molar-refractivity contribution is 0.0767. The van der Waals surface area contributed by atoms with E-state index in [0.29, 0.717) is 43.2 Å². The lowest BCUT2D eigenvalue weighted by Crippen LogP contribution is -2.35. The number of carbonyl (C=O) groups excluding carboxylic acids is 1. The molecule has 0 atom stereocenters. The van der Waals surface area contributed by atoms with Crippen molar-refractivity contribution in [2.75, 3.05) is 31.1 Å². The summed E-state index contributed by atoms with van der Waals surface area (Å²) < 4.78 is 50.1. The number of anilines is 1. The molecule has 0 saturated carbocycles. The normalized spacial score (nSPS) is 15.6. The SMILES string of the molecule is O=C(c1ccc(Cl)cc1)N1CCCN(c2ccccc2S(=O)(=O)C(F)F)CC1. The van der Waals surface area contributed by atoms with Crippen LogP contribution in [0.2, 0.25) is 5.02 Å². The van der Waals surface area contributed by atoms with Crippen LogP contribution in [0.25, 0.3) is 0 Å². The number of alkyl halides is 2. The summed E-state index contributed by atoms with van der Waals surface area (Å²) >= 11 is 5.85. The van der Waals surface area contributed by atoms with E-state index in [9.17, 15) is 22.0 Å². The first-order chi connectivity index (χ1) is 13.3. The van der Waals surface area contributed by atoms with Gasteiger partial charge in [-0.1, -0.05) is 23.7 Å². The Hall–Kier alpha value is -2.19. The highest BCUT2D eigenvalue weighted by Gasteiger charge is 2.31. The number of sulfone groups is 1. The Kier molecular flexibility index (Phi) is 6.20. The van der Waals surface area contributed by atoms with Gasteiger partial charge in [0, 0.05) is 36.8 Å². The average molecular weight is 429 g/mol. The second-order valence-electron chi connectivity index (χ2n) is 6.41. The topological polar surface area (TPSA) is 57.7 Å². The molecular weight excluding hydrogens is 410 g/mol. The molecule has 28 heavy (non-hydrogen) atoms. The first-order valence-electron chi connectivity index (χ1n) is 8.71. The minimum absolute atomic E-state index is 0.146. The van der Waals surface area contributed by atoms with Gasteiger partial charge in [-0.2, -0.15) is 8.78 Å². The van der Waals surface area contributed by atoms with E-state index >= 15 is 0 Å². The molecule has 1 amide bonds. The summed E-state index contributed by atoms with van der Waals surface area (Å²) in [6, 6.07) is 12.3. The average Bonchev–Trinajstić information content (AvgIpc) is 2.94. The van der Waals surface area contributed by atoms with Crippen LogP contribution in [0.1, 0.15) is 16.8 Å². The van der Waals surface area contributed by atoms with Crippen LogP contribution < -0.4 is 4.90 Å². The number of rotatable bonds is 4. The van der Waals surface area contributed by atoms with Gasteiger partial charge in [0.15, 0.2) is 0 Å². The standard InChI is InChI=1S/C19H19ClF2N2O3S/c20-15-8-6-14(7-9-15)18(25)24-11-3-10-23(12-13-24)16-4-1-2-5-17(16)28(26,27)19(21)22/h1-2,4-9,19H,3,10-13H2. The third-order valence-electron chi connectivity index (χ3n) is 4.62. The second-order valence-corrected chi connectivity index (χ2v) is 8.74. The third kappa shape index (κ3) is 4.28. The maximum absolute atomic E-state index is 13.0. The molecule has 5 nitrogen and oxygen atoms in total. The smallest absolute Gasteiger partial charge is 0.341 e. The fourth-order valence-corrected chi connectivity index (χ4v) is 4.27. The van der Waals surface area contributed by atoms with Crippen LogP contribution in [-0.2, 0) is 9.84 Å². The molecular formula is C19H19ClF2N2O3S. The summed E-state index contributed by atoms with van der Waals surface area (Å²) in [5, 5.41) is 0.537. The summed E-state index contributed by atoms with van der Waals surface area (Å²) in [5.74, 6) is -3.63. The summed E-state index contributed by atoms with van der Waals surface area (Å²) in [7, 11) is -4.71. The van der Waals surface area contributed by atoms with Gasteiger partial charge in [0.05, 0.1) is 10.6 Å². The molecule has 0 aliphatic carbocycles. The molecule has 2 aromatic carbocycles. The van der Waals surface area contributed by atoms with Gasteiger partial charge in [0.2, 0.25) is 9.84 Å². The van der Waals surface area contributed by atoms with E-state index in [-0.39, 0.29) is 16.5 Å². The van der Waals surface area contributed by atoms with Gasteiger partial charge < -0.3 is 9.80 Å². The predicted octanol–water partition coefficient (Wildman–Crippen LogP) is 3.69. The molecule has 0 N–H and O–H groups in total. The summed E-state index contributed by atoms with van der Waals surface area (Å²) in [6.45, 7) is 1.64. The number of para-hydroxylation sites is 1. The summed E-state index contributed by atoms with van der Waals surface area (Å²) in [5.41, 5.74) is 0.752. The molecule has 150 valence electrons. The number of amides is 1. The van der Waals surface area contributed by atoms with Crippen molar-refractivity contribution in [2.45, 2.75) is 17.1 Å². The molecule has 1 heterocycles. The maximum Gasteiger partial charge on any atom is 0.341 e. The Labute approximate surface area is 167 Å². The molecule has 0 bridgehead atoms. The van der Waals surface area contributed by atoms with Crippen molar-refractivity contribution in [1.82, 2.24) is 4.90 Å². The number of hydrogen-bond acceptors (Lipinski definition) is 4. The highest BCUT2D eigenvalue weighted by atomic mass is 35.5. The van der Waals surface area contributed by atoms with Crippen LogP contribution in [0, 0.1) is 0 Å². The van der Waals surface area contributed by atoms with Crippen molar-refractivity contribution in [3.63, 3.8) is 0 Å². The largest absolute Gasteiger partial charge is 0.369 e. The van der Waals surface area contributed by atoms with Crippen molar-refractivity contribution in [1.29, 1.82) is 0 Å². The Bertz CT molecular complexity index is 952. The summed E-state index contributed by atoms with van der Waals surface area (Å²) in [4.78, 5) is 15.7. The van der Waals surface area contributed by atoms with Crippen molar-refractivity contribution >= 4 is 33.0 Å². The van der Waals surface area contributed by atoms with Crippen molar-refractivity contribution < 1.29 is 22.0 Å². The van der Waals surface area contributed by atoms with Gasteiger partial charge in [-0.25, -0.2) is 8.42 Å². The number of carbonyl (C=O) groups is 1. The molecule has 1 aliphatic rings. The van der Waals surface area contributed by atoms with Crippen LogP contribution in [-0.4, -0.2) is 51.2 Å². The second kappa shape index (κ2) is 8.45. The molecule has 1 saturated heterocycles. The minimum atomic E-state index is -4.71. The molecule has 0 aromatic heterocycles. The van der Waals surface area contributed by atoms with Crippen molar-refractivity contribution in [3.8, 4) is 0 Å². The molecule has 2 aromatic rings. The molecule has 0 radical (unpaired) electrons. The van der Waals surface area contributed by atoms with Crippen molar-refractivity contribution in [2.24, 2.45) is 0 Å². The Morgan fingerprint density at radius 1 is 0.964 bits per heavy atom. The first kappa shape index (κ1) is 20.5. The fraction of sp³-hybridized carbons (Fsp3) is 0.316. The third-order valence-corrected chi connectivity index (χ3v) is 6.30. The van der Waals surface area contributed by atoms with Gasteiger partial charge in [0.25, 0.3) is 5.91 Å². The van der Waals surface area contributed by atoms with Crippen LogP contribution in [0.15, 0.2) is 53.4 Å². The molecule has 3 rings (SSSR count). The molecule has 1 fully saturated rings. The zero-order chi connectivity index (χ0) is 20.3. The minimum Gasteiger partial charge on any atom is -0.369 e. The van der Waals surface area contributed by atoms with Crippen LogP contribution in [0.4, 0.5) is 14.5 Å². The fourth-order valence-electron chi connectivity index (χ4n) is 3.19. The van der Waals surface area contributed by atoms with Gasteiger partial charge >= 0.3 is 5.76 Å². The molecule has 0 unspecified atom stereocenters. The molecule has 9 heteroatoms. The number of nitrogens with zero attached hydrogens (tertiary/aromatic N) is 2. The van der Waals surface area contributed by atoms with Gasteiger partial charge in [-0.05, 0) is 42.8 Å². The number of benzene rings is 2. The van der Waals surface area contributed by atoms with E-state index in [1.807, 2.05) is 0 Å². The highest BCUT2D eigenvalue weighted by molar-refractivity contribution is 7.91. The number of halogens is 3. The Morgan fingerprint density at radius 3 is 2.32 bits per heavy atom. The van der Waals surface area contributed by atoms with Crippen LogP contribution in [0.3, 0.4) is 0 Å². The van der Waals surface area contributed by atoms with E-state index in [4.69, 9.17) is 11.6 Å². The van der Waals surface area contributed by atoms with Crippen LogP contribution in [0.5, 0.6) is 0 Å². The summed E-state index contributed by atoms with van der Waals surface area (Å²) in [6.07, 6.45) is 0.586. The van der Waals surface area contributed by atoms with E-state index in [0.717, 1.165) is 0 Å². The highest BCUT2D eigenvalue weighted by Crippen LogP contribution is 2.30. The zero-order valence-electron chi connectivity index (χ0n) is 14.9. The Morgan fingerprint density at radius 2 is 1.64 bits per heavy atom. The number of hydrogen-bond donors (Lipinski definition) is 0. The Balaban J connectivity index is 1.80. The predicted molar refractivity (Wildman–Crippen MR) is 104 cm³/mol.